The maximum absolute atomic E-state index is 15.6. The van der Waals surface area contributed by atoms with Gasteiger partial charge in [-0.3, -0.25) is 28.9 Å². The zero-order valence-electron chi connectivity index (χ0n) is 36.2. The summed E-state index contributed by atoms with van der Waals surface area (Å²) in [5.74, 6) is -4.32. The molecule has 3 atom stereocenters. The van der Waals surface area contributed by atoms with Gasteiger partial charge in [0.05, 0.1) is 50.6 Å². The van der Waals surface area contributed by atoms with Crippen molar-refractivity contribution in [3.63, 3.8) is 0 Å². The maximum atomic E-state index is 15.6. The van der Waals surface area contributed by atoms with E-state index in [0.717, 1.165) is 50.9 Å². The second-order valence-corrected chi connectivity index (χ2v) is 18.5. The van der Waals surface area contributed by atoms with Crippen molar-refractivity contribution in [2.45, 2.75) is 90.8 Å². The number of carbonyl (C=O) groups is 5. The van der Waals surface area contributed by atoms with Crippen molar-refractivity contribution in [1.82, 2.24) is 25.8 Å². The Bertz CT molecular complexity index is 2590. The van der Waals surface area contributed by atoms with Crippen LogP contribution < -0.4 is 25.8 Å². The van der Waals surface area contributed by atoms with E-state index in [-0.39, 0.29) is 49.0 Å². The van der Waals surface area contributed by atoms with E-state index >= 15 is 4.39 Å². The summed E-state index contributed by atoms with van der Waals surface area (Å²) in [5.41, 5.74) is -0.425. The zero-order valence-corrected chi connectivity index (χ0v) is 37.8. The number of hydrogen-bond donors (Lipinski definition) is 4. The number of amides is 5. The van der Waals surface area contributed by atoms with Crippen molar-refractivity contribution in [1.29, 1.82) is 5.26 Å². The Kier molecular flexibility index (Phi) is 13.8. The first-order valence-electron chi connectivity index (χ1n) is 20.4. The lowest BCUT2D eigenvalue weighted by molar-refractivity contribution is -0.144. The molecule has 20 heteroatoms. The number of aliphatic hydroxyl groups is 1. The van der Waals surface area contributed by atoms with E-state index in [4.69, 9.17) is 12.2 Å². The van der Waals surface area contributed by atoms with Gasteiger partial charge < -0.3 is 30.9 Å². The molecule has 0 radical (unpaired) electrons. The Morgan fingerprint density at radius 2 is 1.71 bits per heavy atom. The maximum Gasteiger partial charge on any atom is 0.417 e. The van der Waals surface area contributed by atoms with Gasteiger partial charge in [0, 0.05) is 38.2 Å². The van der Waals surface area contributed by atoms with Crippen LogP contribution in [0, 0.1) is 29.5 Å². The van der Waals surface area contributed by atoms with Gasteiger partial charge in [-0.25, -0.2) is 9.37 Å². The SMILES string of the molecule is Cc1ncsc1-c1ccc(CNC(=O)C2CC(O)CN2C(=O)C(NC(=O)CCNC(=O)c2ccc(N3C(=S)N(c4ccc(C#N)c(C(F)(F)F)c4)C(=O)C3(C)C)cc2F)C(C)(C)C)cc1. The standard InChI is InChI=1S/C45H46F4N8O6S2/c1-24-36(65-23-53-24)26-9-7-25(8-10-26)21-52-39(61)34-19-30(58)22-55(34)40(62)37(43(2,3)4)54-35(59)15-16-51-38(60)31-14-13-29(18-33(31)46)57-42(64)56(41(63)44(57,5)6)28-12-11-27(20-50)32(17-28)45(47,48)49/h7-14,17-18,23,30,34,37,58H,15-16,19,21-22H2,1-6H3,(H,51,60)(H,52,61)(H,54,59). The van der Waals surface area contributed by atoms with Crippen LogP contribution in [0.15, 0.2) is 66.2 Å². The van der Waals surface area contributed by atoms with E-state index in [1.54, 1.807) is 26.3 Å². The Morgan fingerprint density at radius 1 is 1.03 bits per heavy atom. The summed E-state index contributed by atoms with van der Waals surface area (Å²) in [7, 11) is 0. The average Bonchev–Trinajstić information content (AvgIpc) is 3.90. The molecule has 3 unspecified atom stereocenters. The van der Waals surface area contributed by atoms with Gasteiger partial charge in [-0.05, 0) is 85.9 Å². The van der Waals surface area contributed by atoms with Gasteiger partial charge >= 0.3 is 6.18 Å². The van der Waals surface area contributed by atoms with Crippen molar-refractivity contribution < 1.29 is 46.6 Å². The summed E-state index contributed by atoms with van der Waals surface area (Å²) in [6.07, 6.45) is -6.20. The third kappa shape index (κ3) is 10.2. The van der Waals surface area contributed by atoms with E-state index in [1.165, 1.54) is 47.1 Å². The minimum Gasteiger partial charge on any atom is -0.391 e. The number of aliphatic hydroxyl groups excluding tert-OH is 1. The summed E-state index contributed by atoms with van der Waals surface area (Å²) in [6, 6.07) is 13.1. The van der Waals surface area contributed by atoms with E-state index < -0.39 is 87.4 Å². The van der Waals surface area contributed by atoms with E-state index in [1.807, 2.05) is 31.2 Å². The summed E-state index contributed by atoms with van der Waals surface area (Å²) < 4.78 is 56.9. The summed E-state index contributed by atoms with van der Waals surface area (Å²) in [5, 5.41) is 27.5. The number of thiocarbonyl (C=S) groups is 1. The quantitative estimate of drug-likeness (QED) is 0.0971. The van der Waals surface area contributed by atoms with E-state index in [9.17, 15) is 47.5 Å². The largest absolute Gasteiger partial charge is 0.417 e. The van der Waals surface area contributed by atoms with Crippen LogP contribution in [0.4, 0.5) is 28.9 Å². The predicted molar refractivity (Wildman–Crippen MR) is 238 cm³/mol. The number of nitrogens with zero attached hydrogens (tertiary/aromatic N) is 5. The first-order valence-corrected chi connectivity index (χ1v) is 21.7. The van der Waals surface area contributed by atoms with E-state index in [0.29, 0.717) is 6.07 Å². The lowest BCUT2D eigenvalue weighted by Gasteiger charge is -2.35. The molecule has 1 aromatic heterocycles. The molecule has 3 aromatic carbocycles. The van der Waals surface area contributed by atoms with Crippen LogP contribution in [0.25, 0.3) is 10.4 Å². The molecule has 5 amide bonds. The van der Waals surface area contributed by atoms with Gasteiger partial charge in [0.1, 0.15) is 23.4 Å². The smallest absolute Gasteiger partial charge is 0.391 e. The summed E-state index contributed by atoms with van der Waals surface area (Å²) in [6.45, 7) is 9.76. The molecule has 3 heterocycles. The number of halogens is 4. The number of alkyl halides is 3. The van der Waals surface area contributed by atoms with Gasteiger partial charge in [-0.15, -0.1) is 11.3 Å². The Hall–Kier alpha value is -6.30. The fourth-order valence-corrected chi connectivity index (χ4v) is 9.02. The van der Waals surface area contributed by atoms with Gasteiger partial charge in [0.2, 0.25) is 17.7 Å². The van der Waals surface area contributed by atoms with Gasteiger partial charge in [-0.2, -0.15) is 18.4 Å². The lowest BCUT2D eigenvalue weighted by Crippen LogP contribution is -2.57. The van der Waals surface area contributed by atoms with Crippen LogP contribution in [-0.4, -0.2) is 86.5 Å². The fourth-order valence-electron chi connectivity index (χ4n) is 7.68. The van der Waals surface area contributed by atoms with Crippen molar-refractivity contribution in [3.05, 3.63) is 99.9 Å². The number of nitrogens with one attached hydrogen (secondary N) is 3. The molecule has 2 saturated heterocycles. The number of hydrogen-bond acceptors (Lipinski definition) is 10. The number of aryl methyl sites for hydroxylation is 1. The first kappa shape index (κ1) is 48.2. The highest BCUT2D eigenvalue weighted by atomic mass is 32.1. The second-order valence-electron chi connectivity index (χ2n) is 17.3. The minimum atomic E-state index is -4.90. The van der Waals surface area contributed by atoms with Crippen molar-refractivity contribution >= 4 is 69.6 Å². The van der Waals surface area contributed by atoms with Crippen LogP contribution in [0.3, 0.4) is 0 Å². The summed E-state index contributed by atoms with van der Waals surface area (Å²) >= 11 is 7.05. The molecule has 2 aliphatic rings. The molecule has 0 saturated carbocycles. The zero-order chi connectivity index (χ0) is 47.8. The summed E-state index contributed by atoms with van der Waals surface area (Å²) in [4.78, 5) is 76.1. The van der Waals surface area contributed by atoms with Crippen LogP contribution in [0.1, 0.15) is 80.2 Å². The van der Waals surface area contributed by atoms with Crippen LogP contribution >= 0.6 is 23.6 Å². The number of benzene rings is 3. The Balaban J connectivity index is 1.06. The van der Waals surface area contributed by atoms with Crippen LogP contribution in [-0.2, 0) is 31.9 Å². The number of β-amino-alcohol motifs (C(OH)–C–C–N with tert-alkyl or cyclic N) is 1. The molecular weight excluding hydrogens is 889 g/mol. The molecule has 4 N–H and O–H groups in total. The third-order valence-electron chi connectivity index (χ3n) is 11.2. The molecule has 14 nitrogen and oxygen atoms in total. The fraction of sp³-hybridized carbons (Fsp3) is 0.378. The van der Waals surface area contributed by atoms with Crippen LogP contribution in [0.5, 0.6) is 0 Å². The lowest BCUT2D eigenvalue weighted by atomic mass is 9.85. The van der Waals surface area contributed by atoms with Crippen molar-refractivity contribution in [3.8, 4) is 16.5 Å². The molecular formula is C45H46F4N8O6S2. The van der Waals surface area contributed by atoms with E-state index in [2.05, 4.69) is 20.9 Å². The van der Waals surface area contributed by atoms with Gasteiger partial charge in [-0.1, -0.05) is 45.0 Å². The monoisotopic (exact) mass is 934 g/mol. The highest BCUT2D eigenvalue weighted by Crippen LogP contribution is 2.40. The number of thiazole rings is 1. The Morgan fingerprint density at radius 3 is 2.31 bits per heavy atom. The molecule has 0 bridgehead atoms. The molecule has 65 heavy (non-hydrogen) atoms. The van der Waals surface area contributed by atoms with Gasteiger partial charge in [0.25, 0.3) is 11.8 Å². The molecule has 2 fully saturated rings. The van der Waals surface area contributed by atoms with Crippen molar-refractivity contribution in [2.75, 3.05) is 22.9 Å². The molecule has 342 valence electrons. The number of likely N-dealkylation sites (tertiary alicyclic amines) is 1. The molecule has 2 aliphatic heterocycles. The van der Waals surface area contributed by atoms with Crippen molar-refractivity contribution in [2.24, 2.45) is 5.41 Å². The Labute approximate surface area is 381 Å². The first-order chi connectivity index (χ1) is 30.4. The average molecular weight is 935 g/mol. The number of rotatable bonds is 12. The molecule has 0 spiro atoms. The van der Waals surface area contributed by atoms with Crippen LogP contribution in [0.2, 0.25) is 0 Å². The third-order valence-corrected chi connectivity index (χ3v) is 12.5. The highest BCUT2D eigenvalue weighted by molar-refractivity contribution is 7.81. The molecule has 4 aromatic rings. The topological polar surface area (TPSA) is 188 Å². The van der Waals surface area contributed by atoms with Gasteiger partial charge in [0.15, 0.2) is 5.11 Å². The number of aromatic nitrogens is 1. The second kappa shape index (κ2) is 18.7. The minimum absolute atomic E-state index is 0.000683. The predicted octanol–water partition coefficient (Wildman–Crippen LogP) is 5.99. The number of anilines is 2. The normalized spacial score (nSPS) is 17.8. The highest BCUT2D eigenvalue weighted by Gasteiger charge is 2.51. The number of nitriles is 1. The number of carbonyl (C=O) groups excluding carboxylic acids is 5. The molecule has 0 aliphatic carbocycles. The molecule has 6 rings (SSSR count).